The zero-order valence-corrected chi connectivity index (χ0v) is 22.8. The molecule has 0 spiro atoms. The van der Waals surface area contributed by atoms with E-state index in [1.165, 1.54) is 0 Å². The fourth-order valence-corrected chi connectivity index (χ4v) is 4.23. The molecule has 5 atom stereocenters. The second-order valence-corrected chi connectivity index (χ2v) is 10.3. The van der Waals surface area contributed by atoms with E-state index in [0.29, 0.717) is 6.42 Å². The molecule has 0 aliphatic rings. The summed E-state index contributed by atoms with van der Waals surface area (Å²) >= 11 is 0. The number of nitrogens with two attached hydrogens (primary N) is 2. The summed E-state index contributed by atoms with van der Waals surface area (Å²) in [7, 11) is 0. The van der Waals surface area contributed by atoms with Gasteiger partial charge in [0.05, 0.1) is 12.5 Å². The predicted octanol–water partition coefficient (Wildman–Crippen LogP) is 0.544. The number of carbonyl (C=O) groups is 5. The van der Waals surface area contributed by atoms with Crippen LogP contribution in [0.15, 0.2) is 30.5 Å². The molecule has 2 rings (SSSR count). The van der Waals surface area contributed by atoms with Gasteiger partial charge in [0.1, 0.15) is 18.1 Å². The third kappa shape index (κ3) is 9.10. The number of primary amides is 1. The topological polar surface area (TPSA) is 209 Å². The molecule has 0 aliphatic heterocycles. The van der Waals surface area contributed by atoms with E-state index in [0.717, 1.165) is 16.5 Å². The first-order valence-corrected chi connectivity index (χ1v) is 13.1. The van der Waals surface area contributed by atoms with Crippen LogP contribution < -0.4 is 27.4 Å². The predicted molar refractivity (Wildman–Crippen MR) is 146 cm³/mol. The van der Waals surface area contributed by atoms with Gasteiger partial charge < -0.3 is 37.5 Å². The van der Waals surface area contributed by atoms with E-state index >= 15 is 0 Å². The third-order valence-corrected chi connectivity index (χ3v) is 6.60. The van der Waals surface area contributed by atoms with Crippen molar-refractivity contribution in [1.29, 1.82) is 0 Å². The summed E-state index contributed by atoms with van der Waals surface area (Å²) in [6.07, 6.45) is 2.13. The molecule has 12 heteroatoms. The molecular weight excluding hydrogens is 504 g/mol. The minimum atomic E-state index is -1.24. The number of nitrogens with one attached hydrogen (secondary N) is 4. The van der Waals surface area contributed by atoms with E-state index in [9.17, 15) is 29.1 Å². The summed E-state index contributed by atoms with van der Waals surface area (Å²) in [5, 5.41) is 18.5. The van der Waals surface area contributed by atoms with Crippen LogP contribution >= 0.6 is 0 Å². The number of carboxylic acid groups (broad SMARTS) is 1. The summed E-state index contributed by atoms with van der Waals surface area (Å²) < 4.78 is 0. The van der Waals surface area contributed by atoms with Crippen LogP contribution in [0.25, 0.3) is 10.9 Å². The van der Waals surface area contributed by atoms with Crippen LogP contribution in [0, 0.1) is 11.8 Å². The fourth-order valence-electron chi connectivity index (χ4n) is 4.23. The van der Waals surface area contributed by atoms with Crippen molar-refractivity contribution in [2.75, 3.05) is 0 Å². The molecule has 9 N–H and O–H groups in total. The van der Waals surface area contributed by atoms with Gasteiger partial charge in [-0.15, -0.1) is 0 Å². The molecule has 0 radical (unpaired) electrons. The number of amides is 4. The number of hydrogen-bond acceptors (Lipinski definition) is 6. The lowest BCUT2D eigenvalue weighted by Crippen LogP contribution is -2.59. The summed E-state index contributed by atoms with van der Waals surface area (Å²) in [6, 6.07) is 2.89. The molecule has 12 nitrogen and oxygen atoms in total. The Morgan fingerprint density at radius 1 is 0.949 bits per heavy atom. The van der Waals surface area contributed by atoms with E-state index in [1.807, 2.05) is 45.0 Å². The Hall–Kier alpha value is -3.93. The van der Waals surface area contributed by atoms with Gasteiger partial charge in [0.2, 0.25) is 23.6 Å². The third-order valence-electron chi connectivity index (χ3n) is 6.60. The second-order valence-electron chi connectivity index (χ2n) is 10.3. The smallest absolute Gasteiger partial charge is 0.326 e. The van der Waals surface area contributed by atoms with E-state index in [4.69, 9.17) is 11.5 Å². The summed E-state index contributed by atoms with van der Waals surface area (Å²) in [5.74, 6) is -4.29. The monoisotopic (exact) mass is 544 g/mol. The van der Waals surface area contributed by atoms with E-state index < -0.39 is 53.8 Å². The Kier molecular flexibility index (Phi) is 11.5. The van der Waals surface area contributed by atoms with Crippen molar-refractivity contribution in [3.63, 3.8) is 0 Å². The van der Waals surface area contributed by atoms with Crippen molar-refractivity contribution in [3.8, 4) is 0 Å². The number of aliphatic carboxylic acids is 1. The molecule has 0 aliphatic carbocycles. The van der Waals surface area contributed by atoms with Crippen LogP contribution in [0.2, 0.25) is 0 Å². The van der Waals surface area contributed by atoms with Crippen molar-refractivity contribution >= 4 is 40.5 Å². The number of rotatable bonds is 15. The highest BCUT2D eigenvalue weighted by atomic mass is 16.4. The normalized spacial score (nSPS) is 15.1. The van der Waals surface area contributed by atoms with Crippen molar-refractivity contribution < 1.29 is 29.1 Å². The first-order chi connectivity index (χ1) is 18.3. The first kappa shape index (κ1) is 31.3. The lowest BCUT2D eigenvalue weighted by molar-refractivity contribution is -0.142. The molecule has 5 unspecified atom stereocenters. The number of aromatic nitrogens is 1. The van der Waals surface area contributed by atoms with Gasteiger partial charge in [0, 0.05) is 23.5 Å². The van der Waals surface area contributed by atoms with Crippen molar-refractivity contribution in [2.24, 2.45) is 23.3 Å². The van der Waals surface area contributed by atoms with Gasteiger partial charge in [-0.2, -0.15) is 0 Å². The van der Waals surface area contributed by atoms with Crippen LogP contribution in [-0.2, 0) is 30.4 Å². The summed E-state index contributed by atoms with van der Waals surface area (Å²) in [5.41, 5.74) is 12.4. The molecule has 39 heavy (non-hydrogen) atoms. The zero-order chi connectivity index (χ0) is 29.3. The number of fused-ring (bicyclic) bond motifs is 1. The van der Waals surface area contributed by atoms with Gasteiger partial charge >= 0.3 is 5.97 Å². The highest BCUT2D eigenvalue weighted by Gasteiger charge is 2.33. The number of H-pyrrole nitrogens is 1. The standard InChI is InChI=1S/C27H40N6O6/c1-5-15(4)23(33-24(35)18(28)12-22(29)34)26(37)31-20(10-14(2)3)25(36)32-21(27(38)39)11-16-13-30-19-9-7-6-8-17(16)19/h6-9,13-15,18,20-21,23,30H,5,10-12,28H2,1-4H3,(H2,29,34)(H,31,37)(H,32,36)(H,33,35)(H,38,39). The Balaban J connectivity index is 2.19. The van der Waals surface area contributed by atoms with Gasteiger partial charge in [0.15, 0.2) is 0 Å². The Morgan fingerprint density at radius 3 is 2.18 bits per heavy atom. The Labute approximate surface area is 227 Å². The summed E-state index contributed by atoms with van der Waals surface area (Å²) in [4.78, 5) is 65.4. The van der Waals surface area contributed by atoms with Crippen LogP contribution in [0.5, 0.6) is 0 Å². The quantitative estimate of drug-likeness (QED) is 0.169. The first-order valence-electron chi connectivity index (χ1n) is 13.1. The molecule has 0 saturated carbocycles. The molecular formula is C27H40N6O6. The van der Waals surface area contributed by atoms with E-state index in [2.05, 4.69) is 20.9 Å². The molecule has 214 valence electrons. The Morgan fingerprint density at radius 2 is 1.59 bits per heavy atom. The molecule has 1 heterocycles. The molecule has 0 fully saturated rings. The molecule has 1 aromatic carbocycles. The molecule has 2 aromatic rings. The van der Waals surface area contributed by atoms with Gasteiger partial charge in [0.25, 0.3) is 0 Å². The van der Waals surface area contributed by atoms with E-state index in [-0.39, 0.29) is 31.1 Å². The molecule has 1 aromatic heterocycles. The summed E-state index contributed by atoms with van der Waals surface area (Å²) in [6.45, 7) is 7.32. The number of para-hydroxylation sites is 1. The number of carboxylic acids is 1. The van der Waals surface area contributed by atoms with Gasteiger partial charge in [-0.3, -0.25) is 19.2 Å². The van der Waals surface area contributed by atoms with Crippen molar-refractivity contribution in [1.82, 2.24) is 20.9 Å². The largest absolute Gasteiger partial charge is 0.480 e. The minimum Gasteiger partial charge on any atom is -0.480 e. The van der Waals surface area contributed by atoms with Crippen LogP contribution in [0.1, 0.15) is 52.5 Å². The Bertz CT molecular complexity index is 1180. The van der Waals surface area contributed by atoms with Gasteiger partial charge in [-0.25, -0.2) is 4.79 Å². The fraction of sp³-hybridized carbons (Fsp3) is 0.519. The second kappa shape index (κ2) is 14.3. The minimum absolute atomic E-state index is 0.0152. The lowest BCUT2D eigenvalue weighted by Gasteiger charge is -2.28. The van der Waals surface area contributed by atoms with Crippen molar-refractivity contribution in [3.05, 3.63) is 36.0 Å². The van der Waals surface area contributed by atoms with Crippen LogP contribution in [0.4, 0.5) is 0 Å². The average Bonchev–Trinajstić information content (AvgIpc) is 3.27. The molecule has 0 bridgehead atoms. The highest BCUT2D eigenvalue weighted by molar-refractivity contribution is 5.95. The number of carbonyl (C=O) groups excluding carboxylic acids is 4. The molecule has 4 amide bonds. The molecule has 0 saturated heterocycles. The lowest BCUT2D eigenvalue weighted by atomic mass is 9.96. The zero-order valence-electron chi connectivity index (χ0n) is 22.8. The highest BCUT2D eigenvalue weighted by Crippen LogP contribution is 2.19. The van der Waals surface area contributed by atoms with Crippen molar-refractivity contribution in [2.45, 2.75) is 77.5 Å². The maximum absolute atomic E-state index is 13.3. The van der Waals surface area contributed by atoms with E-state index in [1.54, 1.807) is 13.1 Å². The maximum atomic E-state index is 13.3. The van der Waals surface area contributed by atoms with Gasteiger partial charge in [-0.05, 0) is 29.9 Å². The number of aromatic amines is 1. The van der Waals surface area contributed by atoms with Crippen LogP contribution in [-0.4, -0.2) is 63.9 Å². The maximum Gasteiger partial charge on any atom is 0.326 e. The number of hydrogen-bond donors (Lipinski definition) is 7. The number of benzene rings is 1. The SMILES string of the molecule is CCC(C)C(NC(=O)C(N)CC(N)=O)C(=O)NC(CC(C)C)C(=O)NC(Cc1c[nH]c2ccccc12)C(=O)O. The van der Waals surface area contributed by atoms with Gasteiger partial charge in [-0.1, -0.05) is 52.3 Å². The van der Waals surface area contributed by atoms with Crippen LogP contribution in [0.3, 0.4) is 0 Å². The average molecular weight is 545 g/mol.